The van der Waals surface area contributed by atoms with E-state index in [0.29, 0.717) is 17.5 Å². The lowest BCUT2D eigenvalue weighted by atomic mass is 10.2. The Hall–Kier alpha value is -0.940. The van der Waals surface area contributed by atoms with Crippen molar-refractivity contribution >= 4 is 21.9 Å². The molecule has 0 aliphatic carbocycles. The summed E-state index contributed by atoms with van der Waals surface area (Å²) in [6.45, 7) is 0.584. The number of esters is 1. The Morgan fingerprint density at radius 3 is 2.94 bits per heavy atom. The topological polar surface area (TPSA) is 35.5 Å². The van der Waals surface area contributed by atoms with E-state index >= 15 is 0 Å². The van der Waals surface area contributed by atoms with Gasteiger partial charge < -0.3 is 9.47 Å². The largest absolute Gasteiger partial charge is 0.432 e. The summed E-state index contributed by atoms with van der Waals surface area (Å²) in [5, 5.41) is 0. The van der Waals surface area contributed by atoms with E-state index < -0.39 is 18.1 Å². The summed E-state index contributed by atoms with van der Waals surface area (Å²) in [5.74, 6) is -1.28. The van der Waals surface area contributed by atoms with E-state index in [0.717, 1.165) is 12.8 Å². The number of carbonyl (C=O) groups is 1. The number of hydrogen-bond donors (Lipinski definition) is 0. The predicted octanol–water partition coefficient (Wildman–Crippen LogP) is 3.27. The monoisotopic (exact) mass is 302 g/mol. The Labute approximate surface area is 107 Å². The molecule has 1 aliphatic rings. The van der Waals surface area contributed by atoms with E-state index in [-0.39, 0.29) is 5.56 Å². The fourth-order valence-corrected chi connectivity index (χ4v) is 1.98. The van der Waals surface area contributed by atoms with Crippen LogP contribution in [0.25, 0.3) is 0 Å². The summed E-state index contributed by atoms with van der Waals surface area (Å²) in [4.78, 5) is 11.7. The quantitative estimate of drug-likeness (QED) is 0.787. The third-order valence-corrected chi connectivity index (χ3v) is 3.02. The molecule has 0 amide bonds. The standard InChI is InChI=1S/C12H12BrFO3/c13-8-4-5-9(10(14)7-8)12(15)17-11-3-1-2-6-16-11/h4-5,7,11H,1-3,6H2. The second kappa shape index (κ2) is 5.60. The normalized spacial score (nSPS) is 20.0. The number of halogens is 2. The molecular formula is C12H12BrFO3. The van der Waals surface area contributed by atoms with Gasteiger partial charge in [0.15, 0.2) is 0 Å². The first kappa shape index (κ1) is 12.5. The van der Waals surface area contributed by atoms with Crippen molar-refractivity contribution in [1.29, 1.82) is 0 Å². The van der Waals surface area contributed by atoms with Gasteiger partial charge in [0.2, 0.25) is 6.29 Å². The van der Waals surface area contributed by atoms with Crippen LogP contribution in [0.3, 0.4) is 0 Å². The van der Waals surface area contributed by atoms with Crippen LogP contribution in [-0.2, 0) is 9.47 Å². The van der Waals surface area contributed by atoms with Crippen molar-refractivity contribution in [1.82, 2.24) is 0 Å². The second-order valence-corrected chi connectivity index (χ2v) is 4.74. The van der Waals surface area contributed by atoms with E-state index in [9.17, 15) is 9.18 Å². The molecule has 1 heterocycles. The van der Waals surface area contributed by atoms with Crippen LogP contribution < -0.4 is 0 Å². The number of hydrogen-bond acceptors (Lipinski definition) is 3. The van der Waals surface area contributed by atoms with E-state index in [1.165, 1.54) is 12.1 Å². The Kier molecular flexibility index (Phi) is 4.12. The van der Waals surface area contributed by atoms with Crippen LogP contribution >= 0.6 is 15.9 Å². The van der Waals surface area contributed by atoms with Crippen LogP contribution in [-0.4, -0.2) is 18.9 Å². The first-order valence-electron chi connectivity index (χ1n) is 5.44. The van der Waals surface area contributed by atoms with Crippen molar-refractivity contribution in [3.63, 3.8) is 0 Å². The maximum absolute atomic E-state index is 13.5. The molecule has 2 rings (SSSR count). The lowest BCUT2D eigenvalue weighted by Crippen LogP contribution is -2.25. The fourth-order valence-electron chi connectivity index (χ4n) is 1.64. The maximum Gasteiger partial charge on any atom is 0.343 e. The van der Waals surface area contributed by atoms with E-state index in [1.807, 2.05) is 0 Å². The van der Waals surface area contributed by atoms with Gasteiger partial charge in [-0.25, -0.2) is 9.18 Å². The number of rotatable bonds is 2. The smallest absolute Gasteiger partial charge is 0.343 e. The third-order valence-electron chi connectivity index (χ3n) is 2.53. The highest BCUT2D eigenvalue weighted by molar-refractivity contribution is 9.10. The molecule has 1 saturated heterocycles. The highest BCUT2D eigenvalue weighted by Crippen LogP contribution is 2.19. The Bertz CT molecular complexity index is 416. The lowest BCUT2D eigenvalue weighted by Gasteiger charge is -2.22. The second-order valence-electron chi connectivity index (χ2n) is 3.83. The minimum atomic E-state index is -0.679. The fraction of sp³-hybridized carbons (Fsp3) is 0.417. The Balaban J connectivity index is 2.03. The summed E-state index contributed by atoms with van der Waals surface area (Å²) in [7, 11) is 0. The van der Waals surface area contributed by atoms with Gasteiger partial charge in [-0.1, -0.05) is 15.9 Å². The molecular weight excluding hydrogens is 291 g/mol. The maximum atomic E-state index is 13.5. The van der Waals surface area contributed by atoms with E-state index in [2.05, 4.69) is 15.9 Å². The van der Waals surface area contributed by atoms with Gasteiger partial charge in [-0.3, -0.25) is 0 Å². The van der Waals surface area contributed by atoms with Crippen LogP contribution in [0.4, 0.5) is 4.39 Å². The van der Waals surface area contributed by atoms with Gasteiger partial charge in [-0.15, -0.1) is 0 Å². The molecule has 3 nitrogen and oxygen atoms in total. The van der Waals surface area contributed by atoms with Crippen LogP contribution in [0.1, 0.15) is 29.6 Å². The average molecular weight is 303 g/mol. The summed E-state index contributed by atoms with van der Waals surface area (Å²) >= 11 is 3.13. The number of benzene rings is 1. The lowest BCUT2D eigenvalue weighted by molar-refractivity contribution is -0.131. The molecule has 0 spiro atoms. The summed E-state index contributed by atoms with van der Waals surface area (Å²) in [6, 6.07) is 4.23. The van der Waals surface area contributed by atoms with Crippen molar-refractivity contribution in [2.24, 2.45) is 0 Å². The van der Waals surface area contributed by atoms with Crippen LogP contribution in [0.5, 0.6) is 0 Å². The molecule has 1 atom stereocenters. The molecule has 1 fully saturated rings. The van der Waals surface area contributed by atoms with Crippen molar-refractivity contribution in [2.45, 2.75) is 25.6 Å². The van der Waals surface area contributed by atoms with E-state index in [4.69, 9.17) is 9.47 Å². The Morgan fingerprint density at radius 1 is 1.47 bits per heavy atom. The summed E-state index contributed by atoms with van der Waals surface area (Å²) in [5.41, 5.74) is -0.0672. The molecule has 0 bridgehead atoms. The van der Waals surface area contributed by atoms with Crippen molar-refractivity contribution in [2.75, 3.05) is 6.61 Å². The van der Waals surface area contributed by atoms with Crippen molar-refractivity contribution in [3.8, 4) is 0 Å². The van der Waals surface area contributed by atoms with Gasteiger partial charge in [0.05, 0.1) is 12.2 Å². The van der Waals surface area contributed by atoms with Gasteiger partial charge in [0.25, 0.3) is 0 Å². The minimum absolute atomic E-state index is 0.0672. The molecule has 5 heteroatoms. The molecule has 0 saturated carbocycles. The van der Waals surface area contributed by atoms with E-state index in [1.54, 1.807) is 6.07 Å². The molecule has 92 valence electrons. The molecule has 1 aromatic carbocycles. The summed E-state index contributed by atoms with van der Waals surface area (Å²) in [6.07, 6.45) is 2.06. The minimum Gasteiger partial charge on any atom is -0.432 e. The van der Waals surface area contributed by atoms with Crippen molar-refractivity contribution in [3.05, 3.63) is 34.1 Å². The molecule has 1 aromatic rings. The molecule has 0 N–H and O–H groups in total. The molecule has 17 heavy (non-hydrogen) atoms. The van der Waals surface area contributed by atoms with Gasteiger partial charge in [0, 0.05) is 10.9 Å². The van der Waals surface area contributed by atoms with Crippen LogP contribution in [0.15, 0.2) is 22.7 Å². The molecule has 0 aromatic heterocycles. The zero-order chi connectivity index (χ0) is 12.3. The number of carbonyl (C=O) groups excluding carboxylic acids is 1. The Morgan fingerprint density at radius 2 is 2.29 bits per heavy atom. The zero-order valence-electron chi connectivity index (χ0n) is 9.12. The first-order valence-corrected chi connectivity index (χ1v) is 6.24. The van der Waals surface area contributed by atoms with Gasteiger partial charge in [0.1, 0.15) is 5.82 Å². The van der Waals surface area contributed by atoms with Crippen molar-refractivity contribution < 1.29 is 18.7 Å². The van der Waals surface area contributed by atoms with Gasteiger partial charge in [-0.05, 0) is 31.0 Å². The molecule has 1 aliphatic heterocycles. The SMILES string of the molecule is O=C(OC1CCCCO1)c1ccc(Br)cc1F. The average Bonchev–Trinajstić information content (AvgIpc) is 2.30. The van der Waals surface area contributed by atoms with Gasteiger partial charge in [-0.2, -0.15) is 0 Å². The zero-order valence-corrected chi connectivity index (χ0v) is 10.7. The van der Waals surface area contributed by atoms with Gasteiger partial charge >= 0.3 is 5.97 Å². The van der Waals surface area contributed by atoms with Crippen LogP contribution in [0.2, 0.25) is 0 Å². The highest BCUT2D eigenvalue weighted by atomic mass is 79.9. The van der Waals surface area contributed by atoms with Crippen LogP contribution in [0, 0.1) is 5.82 Å². The molecule has 1 unspecified atom stereocenters. The highest BCUT2D eigenvalue weighted by Gasteiger charge is 2.21. The predicted molar refractivity (Wildman–Crippen MR) is 63.1 cm³/mol. The third kappa shape index (κ3) is 3.26. The summed E-state index contributed by atoms with van der Waals surface area (Å²) < 4.78 is 24.4. The first-order chi connectivity index (χ1) is 8.16. The molecule has 0 radical (unpaired) electrons. The number of ether oxygens (including phenoxy) is 2.